The van der Waals surface area contributed by atoms with Crippen molar-refractivity contribution in [2.24, 2.45) is 0 Å². The van der Waals surface area contributed by atoms with E-state index in [2.05, 4.69) is 5.32 Å². The molecule has 0 bridgehead atoms. The van der Waals surface area contributed by atoms with Gasteiger partial charge in [0.2, 0.25) is 10.0 Å². The van der Waals surface area contributed by atoms with Crippen LogP contribution >= 0.6 is 11.6 Å². The van der Waals surface area contributed by atoms with Crippen LogP contribution in [0.2, 0.25) is 5.02 Å². The molecule has 2 aromatic rings. The third kappa shape index (κ3) is 4.66. The minimum atomic E-state index is -3.76. The maximum Gasteiger partial charge on any atom is 0.255 e. The summed E-state index contributed by atoms with van der Waals surface area (Å²) in [6, 6.07) is 9.21. The topological polar surface area (TPSA) is 84.9 Å². The van der Waals surface area contributed by atoms with Crippen LogP contribution in [0.5, 0.6) is 11.5 Å². The van der Waals surface area contributed by atoms with Crippen LogP contribution in [0, 0.1) is 0 Å². The molecular weight excluding hydrogens is 416 g/mol. The van der Waals surface area contributed by atoms with Crippen molar-refractivity contribution in [3.8, 4) is 11.5 Å². The third-order valence-electron chi connectivity index (χ3n) is 4.77. The third-order valence-corrected chi connectivity index (χ3v) is 7.15. The normalized spacial score (nSPS) is 15.0. The van der Waals surface area contributed by atoms with E-state index in [0.717, 1.165) is 19.3 Å². The Bertz CT molecular complexity index is 1000. The average Bonchev–Trinajstić information content (AvgIpc) is 2.74. The maximum absolute atomic E-state index is 13.0. The molecule has 0 radical (unpaired) electrons. The van der Waals surface area contributed by atoms with E-state index in [-0.39, 0.29) is 15.5 Å². The number of rotatable bonds is 6. The molecular formula is C20H23ClN2O5S. The number of carbonyl (C=O) groups is 1. The van der Waals surface area contributed by atoms with E-state index in [0.29, 0.717) is 30.3 Å². The molecule has 1 saturated heterocycles. The summed E-state index contributed by atoms with van der Waals surface area (Å²) in [6.45, 7) is 0.918. The van der Waals surface area contributed by atoms with Gasteiger partial charge in [0, 0.05) is 30.4 Å². The van der Waals surface area contributed by atoms with Crippen molar-refractivity contribution in [3.63, 3.8) is 0 Å². The second-order valence-electron chi connectivity index (χ2n) is 6.63. The van der Waals surface area contributed by atoms with Crippen LogP contribution in [0.15, 0.2) is 41.3 Å². The average molecular weight is 439 g/mol. The monoisotopic (exact) mass is 438 g/mol. The van der Waals surface area contributed by atoms with E-state index in [1.807, 2.05) is 0 Å². The van der Waals surface area contributed by atoms with Crippen LogP contribution in [0.25, 0.3) is 0 Å². The summed E-state index contributed by atoms with van der Waals surface area (Å²) in [5, 5.41) is 2.83. The lowest BCUT2D eigenvalue weighted by molar-refractivity contribution is 0.102. The van der Waals surface area contributed by atoms with Gasteiger partial charge in [-0.2, -0.15) is 4.31 Å². The zero-order chi connectivity index (χ0) is 21.0. The van der Waals surface area contributed by atoms with Crippen molar-refractivity contribution < 1.29 is 22.7 Å². The molecule has 0 aromatic heterocycles. The molecule has 0 spiro atoms. The van der Waals surface area contributed by atoms with Crippen LogP contribution in [-0.4, -0.2) is 45.9 Å². The first-order valence-corrected chi connectivity index (χ1v) is 11.0. The van der Waals surface area contributed by atoms with E-state index >= 15 is 0 Å². The number of methoxy groups -OCH3 is 2. The second-order valence-corrected chi connectivity index (χ2v) is 8.95. The highest BCUT2D eigenvalue weighted by Gasteiger charge is 2.28. The highest BCUT2D eigenvalue weighted by atomic mass is 35.5. The number of carbonyl (C=O) groups excluding carboxylic acids is 1. The van der Waals surface area contributed by atoms with Gasteiger partial charge in [-0.3, -0.25) is 4.79 Å². The summed E-state index contributed by atoms with van der Waals surface area (Å²) in [6.07, 6.45) is 2.64. The summed E-state index contributed by atoms with van der Waals surface area (Å²) >= 11 is 6.17. The second kappa shape index (κ2) is 9.02. The number of amides is 1. The Labute approximate surface area is 175 Å². The first kappa shape index (κ1) is 21.4. The van der Waals surface area contributed by atoms with Gasteiger partial charge < -0.3 is 14.8 Å². The lowest BCUT2D eigenvalue weighted by atomic mass is 10.2. The van der Waals surface area contributed by atoms with Gasteiger partial charge >= 0.3 is 0 Å². The van der Waals surface area contributed by atoms with Gasteiger partial charge in [0.1, 0.15) is 4.90 Å². The van der Waals surface area contributed by atoms with Crippen LogP contribution in [-0.2, 0) is 10.0 Å². The number of halogens is 1. The van der Waals surface area contributed by atoms with Crippen molar-refractivity contribution in [1.29, 1.82) is 0 Å². The summed E-state index contributed by atoms with van der Waals surface area (Å²) < 4.78 is 37.8. The largest absolute Gasteiger partial charge is 0.493 e. The van der Waals surface area contributed by atoms with Gasteiger partial charge in [-0.25, -0.2) is 8.42 Å². The van der Waals surface area contributed by atoms with Crippen LogP contribution in [0.4, 0.5) is 5.69 Å². The summed E-state index contributed by atoms with van der Waals surface area (Å²) in [4.78, 5) is 12.6. The van der Waals surface area contributed by atoms with E-state index in [4.69, 9.17) is 21.1 Å². The van der Waals surface area contributed by atoms with Gasteiger partial charge in [0.05, 0.1) is 19.2 Å². The predicted molar refractivity (Wildman–Crippen MR) is 112 cm³/mol. The van der Waals surface area contributed by atoms with Gasteiger partial charge in [0.25, 0.3) is 5.91 Å². The smallest absolute Gasteiger partial charge is 0.255 e. The Morgan fingerprint density at radius 3 is 2.34 bits per heavy atom. The Morgan fingerprint density at radius 1 is 1.00 bits per heavy atom. The molecule has 1 heterocycles. The summed E-state index contributed by atoms with van der Waals surface area (Å²) in [5.41, 5.74) is 0.683. The molecule has 156 valence electrons. The molecule has 0 saturated carbocycles. The Hall–Kier alpha value is -2.29. The molecule has 29 heavy (non-hydrogen) atoms. The highest BCUT2D eigenvalue weighted by molar-refractivity contribution is 7.89. The van der Waals surface area contributed by atoms with Crippen LogP contribution in [0.1, 0.15) is 29.6 Å². The first-order valence-electron chi connectivity index (χ1n) is 9.20. The van der Waals surface area contributed by atoms with Gasteiger partial charge in [-0.15, -0.1) is 0 Å². The zero-order valence-corrected chi connectivity index (χ0v) is 17.8. The molecule has 3 rings (SSSR count). The Kier molecular flexibility index (Phi) is 6.66. The number of nitrogens with zero attached hydrogens (tertiary/aromatic N) is 1. The first-order chi connectivity index (χ1) is 13.9. The Morgan fingerprint density at radius 2 is 1.69 bits per heavy atom. The fraction of sp³-hybridized carbons (Fsp3) is 0.350. The van der Waals surface area contributed by atoms with E-state index in [1.165, 1.54) is 36.7 Å². The zero-order valence-electron chi connectivity index (χ0n) is 16.3. The maximum atomic E-state index is 13.0. The SMILES string of the molecule is COc1ccc(NC(=O)c2ccc(Cl)c(S(=O)(=O)N3CCCCC3)c2)cc1OC. The molecule has 1 aliphatic heterocycles. The molecule has 0 aliphatic carbocycles. The van der Waals surface area contributed by atoms with Crippen molar-refractivity contribution in [1.82, 2.24) is 4.31 Å². The number of benzene rings is 2. The number of sulfonamides is 1. The van der Waals surface area contributed by atoms with Crippen molar-refractivity contribution >= 4 is 33.2 Å². The van der Waals surface area contributed by atoms with Gasteiger partial charge in [-0.05, 0) is 43.2 Å². The van der Waals surface area contributed by atoms with Crippen molar-refractivity contribution in [2.75, 3.05) is 32.6 Å². The molecule has 2 aromatic carbocycles. The standard InChI is InChI=1S/C20H23ClN2O5S/c1-27-17-9-7-15(13-18(17)28-2)22-20(24)14-6-8-16(21)19(12-14)29(25,26)23-10-4-3-5-11-23/h6-9,12-13H,3-5,10-11H2,1-2H3,(H,22,24). The molecule has 1 amide bonds. The van der Waals surface area contributed by atoms with Gasteiger partial charge in [-0.1, -0.05) is 18.0 Å². The summed E-state index contributed by atoms with van der Waals surface area (Å²) in [7, 11) is -0.734. The number of piperidine rings is 1. The molecule has 0 unspecified atom stereocenters. The number of anilines is 1. The number of hydrogen-bond acceptors (Lipinski definition) is 5. The van der Waals surface area contributed by atoms with E-state index in [9.17, 15) is 13.2 Å². The van der Waals surface area contributed by atoms with E-state index < -0.39 is 15.9 Å². The predicted octanol–water partition coefficient (Wildman–Crippen LogP) is 3.78. The Balaban J connectivity index is 1.86. The van der Waals surface area contributed by atoms with Crippen molar-refractivity contribution in [2.45, 2.75) is 24.2 Å². The molecule has 1 N–H and O–H groups in total. The molecule has 0 atom stereocenters. The minimum absolute atomic E-state index is 0.0546. The molecule has 1 fully saturated rings. The number of hydrogen-bond donors (Lipinski definition) is 1. The molecule has 1 aliphatic rings. The number of ether oxygens (including phenoxy) is 2. The quantitative estimate of drug-likeness (QED) is 0.741. The van der Waals surface area contributed by atoms with Crippen LogP contribution < -0.4 is 14.8 Å². The fourth-order valence-corrected chi connectivity index (χ4v) is 5.22. The molecule has 9 heteroatoms. The van der Waals surface area contributed by atoms with Gasteiger partial charge in [0.15, 0.2) is 11.5 Å². The lowest BCUT2D eigenvalue weighted by Crippen LogP contribution is -2.35. The number of nitrogens with one attached hydrogen (secondary N) is 1. The summed E-state index contributed by atoms with van der Waals surface area (Å²) in [5.74, 6) is 0.547. The fourth-order valence-electron chi connectivity index (χ4n) is 3.20. The highest BCUT2D eigenvalue weighted by Crippen LogP contribution is 2.31. The van der Waals surface area contributed by atoms with E-state index in [1.54, 1.807) is 18.2 Å². The lowest BCUT2D eigenvalue weighted by Gasteiger charge is -2.26. The molecule has 7 nitrogen and oxygen atoms in total. The van der Waals surface area contributed by atoms with Crippen molar-refractivity contribution in [3.05, 3.63) is 47.0 Å². The van der Waals surface area contributed by atoms with Crippen LogP contribution in [0.3, 0.4) is 0 Å². The minimum Gasteiger partial charge on any atom is -0.493 e.